The summed E-state index contributed by atoms with van der Waals surface area (Å²) in [5.41, 5.74) is -1.01. The van der Waals surface area contributed by atoms with Gasteiger partial charge < -0.3 is 15.4 Å². The van der Waals surface area contributed by atoms with Crippen LogP contribution in [-0.2, 0) is 19.1 Å². The average Bonchev–Trinajstić information content (AvgIpc) is 2.75. The first kappa shape index (κ1) is 20.9. The van der Waals surface area contributed by atoms with Crippen molar-refractivity contribution in [3.8, 4) is 0 Å². The molecule has 1 aromatic rings. The first-order valence-electron chi connectivity index (χ1n) is 7.97. The molecule has 2 rings (SSSR count). The predicted octanol–water partition coefficient (Wildman–Crippen LogP) is 1.98. The SMILES string of the molecule is C[C@H](OC(=O)CCN1C(=O)NC(C)(C)C1=O)C(=O)Nc1ncc(Cl)cc1Cl. The normalized spacial score (nSPS) is 16.7. The number of carbonyl (C=O) groups excluding carboxylic acids is 4. The summed E-state index contributed by atoms with van der Waals surface area (Å²) in [7, 11) is 0. The molecule has 1 fully saturated rings. The number of rotatable bonds is 6. The molecule has 0 radical (unpaired) electrons. The second kappa shape index (κ2) is 8.10. The van der Waals surface area contributed by atoms with Gasteiger partial charge in [-0.2, -0.15) is 0 Å². The first-order chi connectivity index (χ1) is 12.5. The van der Waals surface area contributed by atoms with E-state index in [1.165, 1.54) is 19.2 Å². The standard InChI is InChI=1S/C16H18Cl2N4O5/c1-8(13(24)20-12-10(18)6-9(17)7-19-12)27-11(23)4-5-22-14(25)16(2,3)21-15(22)26/h6-8H,4-5H2,1-3H3,(H,21,26)(H,19,20,24)/t8-/m0/s1. The van der Waals surface area contributed by atoms with E-state index >= 15 is 0 Å². The number of carbonyl (C=O) groups is 4. The minimum absolute atomic E-state index is 0.0792. The minimum Gasteiger partial charge on any atom is -0.452 e. The number of ether oxygens (including phenoxy) is 1. The predicted molar refractivity (Wildman–Crippen MR) is 97.4 cm³/mol. The van der Waals surface area contributed by atoms with Gasteiger partial charge >= 0.3 is 12.0 Å². The van der Waals surface area contributed by atoms with Crippen LogP contribution in [0, 0.1) is 0 Å². The molecule has 1 aliphatic rings. The fourth-order valence-corrected chi connectivity index (χ4v) is 2.69. The minimum atomic E-state index is -1.13. The molecule has 2 N–H and O–H groups in total. The highest BCUT2D eigenvalue weighted by Crippen LogP contribution is 2.22. The fourth-order valence-electron chi connectivity index (χ4n) is 2.26. The van der Waals surface area contributed by atoms with Gasteiger partial charge in [-0.1, -0.05) is 23.2 Å². The van der Waals surface area contributed by atoms with E-state index in [4.69, 9.17) is 27.9 Å². The summed E-state index contributed by atoms with van der Waals surface area (Å²) in [6.45, 7) is 4.35. The lowest BCUT2D eigenvalue weighted by atomic mass is 10.1. The Kier molecular flexibility index (Phi) is 6.27. The summed E-state index contributed by atoms with van der Waals surface area (Å²) in [6, 6.07) is 0.828. The third-order valence-corrected chi connectivity index (χ3v) is 4.21. The van der Waals surface area contributed by atoms with E-state index < -0.39 is 35.5 Å². The van der Waals surface area contributed by atoms with Gasteiger partial charge in [-0.05, 0) is 26.8 Å². The zero-order chi connectivity index (χ0) is 20.4. The molecule has 11 heteroatoms. The van der Waals surface area contributed by atoms with Crippen LogP contribution in [0.4, 0.5) is 10.6 Å². The van der Waals surface area contributed by atoms with E-state index in [0.29, 0.717) is 5.02 Å². The number of nitrogens with zero attached hydrogens (tertiary/aromatic N) is 2. The molecule has 1 atom stereocenters. The van der Waals surface area contributed by atoms with Crippen LogP contribution < -0.4 is 10.6 Å². The smallest absolute Gasteiger partial charge is 0.325 e. The van der Waals surface area contributed by atoms with Gasteiger partial charge in [-0.25, -0.2) is 9.78 Å². The molecule has 1 saturated heterocycles. The van der Waals surface area contributed by atoms with Crippen LogP contribution in [0.5, 0.6) is 0 Å². The van der Waals surface area contributed by atoms with E-state index in [9.17, 15) is 19.2 Å². The van der Waals surface area contributed by atoms with Crippen molar-refractivity contribution in [3.05, 3.63) is 22.3 Å². The highest BCUT2D eigenvalue weighted by molar-refractivity contribution is 6.36. The average molecular weight is 417 g/mol. The van der Waals surface area contributed by atoms with Gasteiger partial charge in [0.25, 0.3) is 11.8 Å². The molecule has 0 aromatic carbocycles. The number of imide groups is 1. The maximum absolute atomic E-state index is 12.1. The number of nitrogens with one attached hydrogen (secondary N) is 2. The molecule has 0 spiro atoms. The first-order valence-corrected chi connectivity index (χ1v) is 8.72. The Morgan fingerprint density at radius 1 is 1.37 bits per heavy atom. The van der Waals surface area contributed by atoms with E-state index in [1.807, 2.05) is 0 Å². The molecule has 146 valence electrons. The maximum atomic E-state index is 12.1. The number of amides is 4. The van der Waals surface area contributed by atoms with Gasteiger partial charge in [0.15, 0.2) is 11.9 Å². The Morgan fingerprint density at radius 2 is 2.04 bits per heavy atom. The van der Waals surface area contributed by atoms with Gasteiger partial charge in [0, 0.05) is 12.7 Å². The maximum Gasteiger partial charge on any atom is 0.325 e. The summed E-state index contributed by atoms with van der Waals surface area (Å²) in [6.07, 6.45) is -0.0721. The van der Waals surface area contributed by atoms with Gasteiger partial charge in [0.05, 0.1) is 16.5 Å². The Morgan fingerprint density at radius 3 is 2.59 bits per heavy atom. The second-order valence-electron chi connectivity index (χ2n) is 6.37. The van der Waals surface area contributed by atoms with Gasteiger partial charge in [0.2, 0.25) is 0 Å². The van der Waals surface area contributed by atoms with Crippen LogP contribution in [0.15, 0.2) is 12.3 Å². The fraction of sp³-hybridized carbons (Fsp3) is 0.438. The molecule has 1 aromatic heterocycles. The van der Waals surface area contributed by atoms with Crippen molar-refractivity contribution in [2.45, 2.75) is 38.8 Å². The Labute approximate surface area is 165 Å². The molecule has 1 aliphatic heterocycles. The molecule has 4 amide bonds. The topological polar surface area (TPSA) is 118 Å². The highest BCUT2D eigenvalue weighted by Gasteiger charge is 2.44. The van der Waals surface area contributed by atoms with E-state index in [2.05, 4.69) is 15.6 Å². The van der Waals surface area contributed by atoms with Gasteiger partial charge in [0.1, 0.15) is 5.54 Å². The lowest BCUT2D eigenvalue weighted by Gasteiger charge is -2.17. The molecule has 0 bridgehead atoms. The zero-order valence-corrected chi connectivity index (χ0v) is 16.3. The van der Waals surface area contributed by atoms with Crippen LogP contribution in [0.2, 0.25) is 10.0 Å². The number of anilines is 1. The third-order valence-electron chi connectivity index (χ3n) is 3.71. The van der Waals surface area contributed by atoms with Crippen LogP contribution in [0.1, 0.15) is 27.2 Å². The molecule has 27 heavy (non-hydrogen) atoms. The summed E-state index contributed by atoms with van der Waals surface area (Å²) in [5.74, 6) is -1.74. The van der Waals surface area contributed by atoms with Crippen LogP contribution in [0.3, 0.4) is 0 Å². The van der Waals surface area contributed by atoms with Crippen molar-refractivity contribution in [3.63, 3.8) is 0 Å². The number of pyridine rings is 1. The van der Waals surface area contributed by atoms with Crippen LogP contribution >= 0.6 is 23.2 Å². The lowest BCUT2D eigenvalue weighted by Crippen LogP contribution is -2.40. The van der Waals surface area contributed by atoms with Crippen LogP contribution in [0.25, 0.3) is 0 Å². The summed E-state index contributed by atoms with van der Waals surface area (Å²) in [5, 5.41) is 5.36. The van der Waals surface area contributed by atoms with Crippen molar-refractivity contribution in [2.24, 2.45) is 0 Å². The number of halogens is 2. The summed E-state index contributed by atoms with van der Waals surface area (Å²) >= 11 is 11.6. The monoisotopic (exact) mass is 416 g/mol. The summed E-state index contributed by atoms with van der Waals surface area (Å²) in [4.78, 5) is 52.6. The van der Waals surface area contributed by atoms with Gasteiger partial charge in [-0.3, -0.25) is 19.3 Å². The largest absolute Gasteiger partial charge is 0.452 e. The van der Waals surface area contributed by atoms with Gasteiger partial charge in [-0.15, -0.1) is 0 Å². The number of esters is 1. The van der Waals surface area contributed by atoms with Crippen molar-refractivity contribution in [1.29, 1.82) is 0 Å². The molecular formula is C16H18Cl2N4O5. The lowest BCUT2D eigenvalue weighted by molar-refractivity contribution is -0.153. The van der Waals surface area contributed by atoms with Crippen molar-refractivity contribution in [1.82, 2.24) is 15.2 Å². The molecule has 0 unspecified atom stereocenters. The number of hydrogen-bond donors (Lipinski definition) is 2. The third kappa shape index (κ3) is 5.08. The molecular weight excluding hydrogens is 399 g/mol. The Balaban J connectivity index is 1.85. The zero-order valence-electron chi connectivity index (χ0n) is 14.8. The molecule has 2 heterocycles. The van der Waals surface area contributed by atoms with E-state index in [0.717, 1.165) is 4.90 Å². The van der Waals surface area contributed by atoms with E-state index in [-0.39, 0.29) is 23.8 Å². The van der Waals surface area contributed by atoms with E-state index in [1.54, 1.807) is 13.8 Å². The highest BCUT2D eigenvalue weighted by atomic mass is 35.5. The van der Waals surface area contributed by atoms with Crippen molar-refractivity contribution < 1.29 is 23.9 Å². The molecule has 0 saturated carbocycles. The number of urea groups is 1. The molecule has 0 aliphatic carbocycles. The molecule has 9 nitrogen and oxygen atoms in total. The Hall–Kier alpha value is -2.39. The summed E-state index contributed by atoms with van der Waals surface area (Å²) < 4.78 is 5.01. The number of hydrogen-bond acceptors (Lipinski definition) is 6. The van der Waals surface area contributed by atoms with Crippen LogP contribution in [-0.4, -0.2) is 51.9 Å². The van der Waals surface area contributed by atoms with Crippen molar-refractivity contribution >= 4 is 52.8 Å². The second-order valence-corrected chi connectivity index (χ2v) is 7.21. The Bertz CT molecular complexity index is 799. The quantitative estimate of drug-likeness (QED) is 0.540. The number of aromatic nitrogens is 1. The van der Waals surface area contributed by atoms with Crippen molar-refractivity contribution in [2.75, 3.05) is 11.9 Å².